The summed E-state index contributed by atoms with van der Waals surface area (Å²) in [6.45, 7) is 6.51. The van der Waals surface area contributed by atoms with E-state index in [1.165, 1.54) is 0 Å². The van der Waals surface area contributed by atoms with Crippen LogP contribution in [0.5, 0.6) is 0 Å². The molecule has 108 valence electrons. The number of carbonyl (C=O) groups is 2. The van der Waals surface area contributed by atoms with Gasteiger partial charge in [-0.15, -0.1) is 0 Å². The predicted octanol–water partition coefficient (Wildman–Crippen LogP) is 2.47. The molecule has 0 bridgehead atoms. The zero-order valence-corrected chi connectivity index (χ0v) is 12.7. The summed E-state index contributed by atoms with van der Waals surface area (Å²) in [4.78, 5) is 25.9. The van der Waals surface area contributed by atoms with Crippen LogP contribution in [0, 0.1) is 0 Å². The Bertz CT molecular complexity index is 537. The molecule has 0 spiro atoms. The van der Waals surface area contributed by atoms with Gasteiger partial charge in [-0.1, -0.05) is 23.7 Å². The standard InChI is InChI=1S/C15H19ClN2O2/c1-15(2,3)18-9-10(8-13(18)19)17-14(20)11-6-4-5-7-12(11)16/h4-7,10H,8-9H2,1-3H3,(H,17,20). The summed E-state index contributed by atoms with van der Waals surface area (Å²) < 4.78 is 0. The van der Waals surface area contributed by atoms with E-state index in [1.807, 2.05) is 20.8 Å². The summed E-state index contributed by atoms with van der Waals surface area (Å²) in [7, 11) is 0. The third-order valence-electron chi connectivity index (χ3n) is 3.39. The minimum atomic E-state index is -0.232. The Morgan fingerprint density at radius 3 is 2.55 bits per heavy atom. The lowest BCUT2D eigenvalue weighted by atomic mass is 10.1. The molecule has 0 aliphatic carbocycles. The second kappa shape index (κ2) is 5.44. The van der Waals surface area contributed by atoms with Crippen LogP contribution in [0.15, 0.2) is 24.3 Å². The van der Waals surface area contributed by atoms with Crippen molar-refractivity contribution in [3.63, 3.8) is 0 Å². The number of carbonyl (C=O) groups excluding carboxylic acids is 2. The molecular weight excluding hydrogens is 276 g/mol. The second-order valence-electron chi connectivity index (χ2n) is 6.03. The van der Waals surface area contributed by atoms with Crippen molar-refractivity contribution in [2.75, 3.05) is 6.54 Å². The van der Waals surface area contributed by atoms with Crippen molar-refractivity contribution in [3.05, 3.63) is 34.9 Å². The predicted molar refractivity (Wildman–Crippen MR) is 78.8 cm³/mol. The van der Waals surface area contributed by atoms with Gasteiger partial charge in [0.05, 0.1) is 16.6 Å². The van der Waals surface area contributed by atoms with Gasteiger partial charge in [-0.3, -0.25) is 9.59 Å². The number of likely N-dealkylation sites (tertiary alicyclic amines) is 1. The van der Waals surface area contributed by atoms with E-state index in [9.17, 15) is 9.59 Å². The average Bonchev–Trinajstić information content (AvgIpc) is 2.70. The molecule has 1 aliphatic heterocycles. The summed E-state index contributed by atoms with van der Waals surface area (Å²) in [5, 5.41) is 3.30. The first-order valence-electron chi connectivity index (χ1n) is 6.65. The Balaban J connectivity index is 2.04. The summed E-state index contributed by atoms with van der Waals surface area (Å²) in [5.41, 5.74) is 0.219. The van der Waals surface area contributed by atoms with Crippen molar-refractivity contribution >= 4 is 23.4 Å². The zero-order chi connectivity index (χ0) is 14.9. The molecule has 0 saturated carbocycles. The number of hydrogen-bond donors (Lipinski definition) is 1. The fourth-order valence-corrected chi connectivity index (χ4v) is 2.58. The number of halogens is 1. The number of nitrogens with zero attached hydrogens (tertiary/aromatic N) is 1. The van der Waals surface area contributed by atoms with Crippen LogP contribution in [0.2, 0.25) is 5.02 Å². The maximum Gasteiger partial charge on any atom is 0.253 e. The van der Waals surface area contributed by atoms with Gasteiger partial charge in [0.2, 0.25) is 5.91 Å². The zero-order valence-electron chi connectivity index (χ0n) is 11.9. The van der Waals surface area contributed by atoms with E-state index < -0.39 is 0 Å². The van der Waals surface area contributed by atoms with Crippen LogP contribution in [-0.4, -0.2) is 34.8 Å². The van der Waals surface area contributed by atoms with E-state index in [2.05, 4.69) is 5.32 Å². The van der Waals surface area contributed by atoms with Gasteiger partial charge in [0.25, 0.3) is 5.91 Å². The summed E-state index contributed by atoms with van der Waals surface area (Å²) in [6, 6.07) is 6.74. The molecule has 1 heterocycles. The number of nitrogens with one attached hydrogen (secondary N) is 1. The van der Waals surface area contributed by atoms with Gasteiger partial charge in [0.1, 0.15) is 0 Å². The van der Waals surface area contributed by atoms with E-state index in [0.29, 0.717) is 23.6 Å². The Morgan fingerprint density at radius 2 is 2.00 bits per heavy atom. The molecule has 0 radical (unpaired) electrons. The minimum absolute atomic E-state index is 0.0713. The summed E-state index contributed by atoms with van der Waals surface area (Å²) in [6.07, 6.45) is 0.341. The Labute approximate surface area is 124 Å². The normalized spacial score (nSPS) is 19.3. The smallest absolute Gasteiger partial charge is 0.253 e. The van der Waals surface area contributed by atoms with Crippen molar-refractivity contribution in [1.29, 1.82) is 0 Å². The molecule has 1 N–H and O–H groups in total. The largest absolute Gasteiger partial charge is 0.347 e. The van der Waals surface area contributed by atoms with Crippen molar-refractivity contribution in [3.8, 4) is 0 Å². The highest BCUT2D eigenvalue weighted by Crippen LogP contribution is 2.22. The molecule has 0 aromatic heterocycles. The van der Waals surface area contributed by atoms with Gasteiger partial charge in [0, 0.05) is 18.5 Å². The van der Waals surface area contributed by atoms with Crippen molar-refractivity contribution in [2.24, 2.45) is 0 Å². The first kappa shape index (κ1) is 14.9. The average molecular weight is 295 g/mol. The van der Waals surface area contributed by atoms with Crippen molar-refractivity contribution < 1.29 is 9.59 Å². The maximum absolute atomic E-state index is 12.2. The first-order chi connectivity index (χ1) is 9.29. The quantitative estimate of drug-likeness (QED) is 0.911. The molecule has 1 aromatic carbocycles. The van der Waals surface area contributed by atoms with Gasteiger partial charge in [-0.05, 0) is 32.9 Å². The molecular formula is C15H19ClN2O2. The van der Waals surface area contributed by atoms with E-state index in [-0.39, 0.29) is 23.4 Å². The molecule has 2 amide bonds. The van der Waals surface area contributed by atoms with Crippen LogP contribution < -0.4 is 5.32 Å². The lowest BCUT2D eigenvalue weighted by molar-refractivity contribution is -0.131. The summed E-state index contributed by atoms with van der Waals surface area (Å²) in [5.74, 6) is -0.161. The fourth-order valence-electron chi connectivity index (χ4n) is 2.36. The number of benzene rings is 1. The third kappa shape index (κ3) is 3.12. The molecule has 1 aliphatic rings. The SMILES string of the molecule is CC(C)(C)N1CC(NC(=O)c2ccccc2Cl)CC1=O. The number of amides is 2. The number of rotatable bonds is 2. The van der Waals surface area contributed by atoms with Crippen molar-refractivity contribution in [2.45, 2.75) is 38.8 Å². The molecule has 5 heteroatoms. The molecule has 20 heavy (non-hydrogen) atoms. The summed E-state index contributed by atoms with van der Waals surface area (Å²) >= 11 is 6.00. The first-order valence-corrected chi connectivity index (χ1v) is 7.02. The highest BCUT2D eigenvalue weighted by atomic mass is 35.5. The molecule has 1 saturated heterocycles. The van der Waals surface area contributed by atoms with E-state index in [0.717, 1.165) is 0 Å². The molecule has 1 unspecified atom stereocenters. The monoisotopic (exact) mass is 294 g/mol. The molecule has 1 fully saturated rings. The van der Waals surface area contributed by atoms with Crippen molar-refractivity contribution in [1.82, 2.24) is 10.2 Å². The number of hydrogen-bond acceptors (Lipinski definition) is 2. The Kier molecular flexibility index (Phi) is 4.04. The van der Waals surface area contributed by atoms with Gasteiger partial charge < -0.3 is 10.2 Å². The third-order valence-corrected chi connectivity index (χ3v) is 3.72. The Morgan fingerprint density at radius 1 is 1.35 bits per heavy atom. The van der Waals surface area contributed by atoms with Crippen LogP contribution >= 0.6 is 11.6 Å². The van der Waals surface area contributed by atoms with Crippen LogP contribution in [0.1, 0.15) is 37.6 Å². The molecule has 1 atom stereocenters. The van der Waals surface area contributed by atoms with Crippen LogP contribution in [0.3, 0.4) is 0 Å². The van der Waals surface area contributed by atoms with Gasteiger partial charge in [-0.2, -0.15) is 0 Å². The fraction of sp³-hybridized carbons (Fsp3) is 0.467. The highest BCUT2D eigenvalue weighted by Gasteiger charge is 2.36. The molecule has 4 nitrogen and oxygen atoms in total. The molecule has 1 aromatic rings. The minimum Gasteiger partial charge on any atom is -0.347 e. The topological polar surface area (TPSA) is 49.4 Å². The lowest BCUT2D eigenvalue weighted by Gasteiger charge is -2.32. The van der Waals surface area contributed by atoms with Crippen LogP contribution in [0.4, 0.5) is 0 Å². The second-order valence-corrected chi connectivity index (χ2v) is 6.44. The van der Waals surface area contributed by atoms with Gasteiger partial charge in [-0.25, -0.2) is 0 Å². The maximum atomic E-state index is 12.2. The van der Waals surface area contributed by atoms with Gasteiger partial charge >= 0.3 is 0 Å². The lowest BCUT2D eigenvalue weighted by Crippen LogP contribution is -2.44. The van der Waals surface area contributed by atoms with E-state index in [4.69, 9.17) is 11.6 Å². The van der Waals surface area contributed by atoms with Gasteiger partial charge in [0.15, 0.2) is 0 Å². The molecule has 2 rings (SSSR count). The van der Waals surface area contributed by atoms with E-state index in [1.54, 1.807) is 29.2 Å². The van der Waals surface area contributed by atoms with Crippen LogP contribution in [-0.2, 0) is 4.79 Å². The van der Waals surface area contributed by atoms with Crippen LogP contribution in [0.25, 0.3) is 0 Å². The Hall–Kier alpha value is -1.55. The van der Waals surface area contributed by atoms with E-state index >= 15 is 0 Å². The highest BCUT2D eigenvalue weighted by molar-refractivity contribution is 6.33.